The van der Waals surface area contributed by atoms with Crippen LogP contribution >= 0.6 is 0 Å². The van der Waals surface area contributed by atoms with Crippen molar-refractivity contribution >= 4 is 19.9 Å². The minimum Gasteiger partial charge on any atom is -0.418 e. The van der Waals surface area contributed by atoms with E-state index in [9.17, 15) is 26.0 Å². The second-order valence-corrected chi connectivity index (χ2v) is 5.78. The smallest absolute Gasteiger partial charge is 0.418 e. The molecule has 0 fully saturated rings. The van der Waals surface area contributed by atoms with Crippen molar-refractivity contribution in [1.29, 1.82) is 0 Å². The van der Waals surface area contributed by atoms with Gasteiger partial charge in [0.1, 0.15) is 11.6 Å². The molecule has 26 heavy (non-hydrogen) atoms. The van der Waals surface area contributed by atoms with Crippen molar-refractivity contribution in [3.63, 3.8) is 0 Å². The fraction of sp³-hybridized carbons (Fsp3) is 0. The number of halogens is 6. The van der Waals surface area contributed by atoms with Crippen molar-refractivity contribution in [1.82, 2.24) is 0 Å². The first kappa shape index (κ1) is 20.0. The lowest BCUT2D eigenvalue weighted by molar-refractivity contribution is 0.368. The lowest BCUT2D eigenvalue weighted by atomic mass is 9.94. The number of hydrogen-bond acceptors (Lipinski definition) is 0. The van der Waals surface area contributed by atoms with Gasteiger partial charge in [0.2, 0.25) is 0 Å². The summed E-state index contributed by atoms with van der Waals surface area (Å²) in [6, 6.07) is 18.5. The summed E-state index contributed by atoms with van der Waals surface area (Å²) in [6.07, 6.45) is 0. The van der Waals surface area contributed by atoms with Gasteiger partial charge in [-0.3, -0.25) is 0 Å². The Morgan fingerprint density at radius 3 is 1.50 bits per heavy atom. The topological polar surface area (TPSA) is 0 Å². The van der Waals surface area contributed by atoms with E-state index in [4.69, 9.17) is 0 Å². The van der Waals surface area contributed by atoms with Crippen LogP contribution < -0.4 is 0 Å². The summed E-state index contributed by atoms with van der Waals surface area (Å²) in [4.78, 5) is 0.906. The third-order valence-corrected chi connectivity index (χ3v) is 3.77. The van der Waals surface area contributed by atoms with Crippen molar-refractivity contribution in [2.45, 2.75) is 4.90 Å². The van der Waals surface area contributed by atoms with Gasteiger partial charge in [0, 0.05) is 5.56 Å². The Bertz CT molecular complexity index is 854. The molecule has 0 unspecified atom stereocenters. The van der Waals surface area contributed by atoms with Gasteiger partial charge in [-0.15, -0.1) is 0 Å². The average molecular weight is 386 g/mol. The van der Waals surface area contributed by atoms with Gasteiger partial charge >= 0.3 is 7.25 Å². The second-order valence-electron chi connectivity index (χ2n) is 5.24. The van der Waals surface area contributed by atoms with Gasteiger partial charge in [0.15, 0.2) is 4.90 Å². The molecule has 0 aliphatic carbocycles. The van der Waals surface area contributed by atoms with E-state index in [1.54, 1.807) is 24.3 Å². The fourth-order valence-electron chi connectivity index (χ4n) is 2.35. The largest absolute Gasteiger partial charge is 0.673 e. The van der Waals surface area contributed by atoms with E-state index >= 15 is 0 Å². The normalized spacial score (nSPS) is 10.9. The first-order valence-electron chi connectivity index (χ1n) is 7.39. The summed E-state index contributed by atoms with van der Waals surface area (Å²) < 4.78 is 65.2. The Labute approximate surface area is 152 Å². The third kappa shape index (κ3) is 5.88. The molecule has 0 spiro atoms. The molecule has 0 heterocycles. The van der Waals surface area contributed by atoms with E-state index < -0.39 is 7.25 Å². The number of rotatable bonds is 2. The summed E-state index contributed by atoms with van der Waals surface area (Å²) in [5.41, 5.74) is 3.74. The highest BCUT2D eigenvalue weighted by Gasteiger charge is 2.20. The van der Waals surface area contributed by atoms with Crippen molar-refractivity contribution < 1.29 is 26.0 Å². The van der Waals surface area contributed by atoms with Gasteiger partial charge in [0.05, 0.1) is 0 Å². The van der Waals surface area contributed by atoms with Crippen LogP contribution in [0.4, 0.5) is 26.0 Å². The molecule has 0 radical (unpaired) electrons. The van der Waals surface area contributed by atoms with E-state index in [1.165, 1.54) is 24.3 Å². The molecule has 0 nitrogen and oxygen atoms in total. The summed E-state index contributed by atoms with van der Waals surface area (Å²) in [7, 11) is -6.00. The van der Waals surface area contributed by atoms with Crippen molar-refractivity contribution in [3.8, 4) is 22.3 Å². The predicted molar refractivity (Wildman–Crippen MR) is 95.8 cm³/mol. The van der Waals surface area contributed by atoms with Crippen LogP contribution in [0.2, 0.25) is 0 Å². The zero-order chi connectivity index (χ0) is 19.3. The quantitative estimate of drug-likeness (QED) is 0.289. The Morgan fingerprint density at radius 2 is 1.04 bits per heavy atom. The van der Waals surface area contributed by atoms with E-state index in [2.05, 4.69) is 12.6 Å². The Hall–Kier alpha value is -2.35. The zero-order valence-electron chi connectivity index (χ0n) is 13.2. The van der Waals surface area contributed by atoms with Gasteiger partial charge in [-0.25, -0.2) is 8.78 Å². The maximum Gasteiger partial charge on any atom is 0.673 e. The van der Waals surface area contributed by atoms with Crippen molar-refractivity contribution in [2.75, 3.05) is 0 Å². The van der Waals surface area contributed by atoms with Crippen molar-refractivity contribution in [2.24, 2.45) is 0 Å². The highest BCUT2D eigenvalue weighted by Crippen LogP contribution is 2.35. The van der Waals surface area contributed by atoms with Crippen LogP contribution in [0.1, 0.15) is 0 Å². The van der Waals surface area contributed by atoms with Crippen LogP contribution in [0, 0.1) is 11.6 Å². The molecule has 0 saturated heterocycles. The summed E-state index contributed by atoms with van der Waals surface area (Å²) in [5, 5.41) is 0. The molecule has 0 N–H and O–H groups in total. The van der Waals surface area contributed by atoms with Crippen LogP contribution in [0.15, 0.2) is 71.6 Å². The molecule has 3 rings (SSSR count). The Morgan fingerprint density at radius 1 is 0.615 bits per heavy atom. The highest BCUT2D eigenvalue weighted by atomic mass is 32.1. The maximum absolute atomic E-state index is 13.1. The molecule has 0 bridgehead atoms. The van der Waals surface area contributed by atoms with Crippen LogP contribution in [-0.4, -0.2) is 7.25 Å². The third-order valence-electron chi connectivity index (χ3n) is 3.35. The minimum absolute atomic E-state index is 0.267. The SMILES string of the molecule is F[B-](F)(F)F.Fc1ccc(-c2cccc([SH2+])c2-c2ccc(F)cc2)cc1. The van der Waals surface area contributed by atoms with E-state index in [-0.39, 0.29) is 11.6 Å². The second kappa shape index (κ2) is 8.36. The molecule has 136 valence electrons. The molecular weight excluding hydrogens is 373 g/mol. The molecule has 3 aromatic carbocycles. The molecule has 8 heteroatoms. The van der Waals surface area contributed by atoms with Crippen LogP contribution in [0.3, 0.4) is 0 Å². The van der Waals surface area contributed by atoms with E-state index in [0.29, 0.717) is 0 Å². The van der Waals surface area contributed by atoms with Crippen LogP contribution in [0.25, 0.3) is 22.3 Å². The van der Waals surface area contributed by atoms with Crippen molar-refractivity contribution in [3.05, 3.63) is 78.4 Å². The maximum atomic E-state index is 13.1. The summed E-state index contributed by atoms with van der Waals surface area (Å²) in [6.45, 7) is 0. The molecule has 3 aromatic rings. The molecule has 0 aliphatic heterocycles. The van der Waals surface area contributed by atoms with Gasteiger partial charge in [-0.2, -0.15) is 0 Å². The molecule has 0 atom stereocenters. The standard InChI is InChI=1S/C18H12F2S.BF4/c19-14-8-4-12(5-9-14)16-2-1-3-17(21)18(16)13-6-10-15(20)11-7-13;2-1(3,4)5/h1-11,21H;/q;-1/p+1. The fourth-order valence-corrected chi connectivity index (χ4v) is 2.73. The molecular formula is C18H13BF6S. The zero-order valence-corrected chi connectivity index (χ0v) is 14.2. The summed E-state index contributed by atoms with van der Waals surface area (Å²) >= 11 is 3.60. The Kier molecular flexibility index (Phi) is 6.42. The monoisotopic (exact) mass is 386 g/mol. The highest BCUT2D eigenvalue weighted by molar-refractivity contribution is 7.59. The van der Waals surface area contributed by atoms with Gasteiger partial charge in [-0.05, 0) is 59.7 Å². The first-order valence-corrected chi connectivity index (χ1v) is 7.89. The van der Waals surface area contributed by atoms with E-state index in [0.717, 1.165) is 27.1 Å². The first-order chi connectivity index (χ1) is 12.1. The molecule has 0 aliphatic rings. The Balaban J connectivity index is 0.000000431. The lowest BCUT2D eigenvalue weighted by Crippen LogP contribution is -2.02. The molecule has 0 aromatic heterocycles. The number of benzene rings is 3. The van der Waals surface area contributed by atoms with Gasteiger partial charge in [0.25, 0.3) is 0 Å². The average Bonchev–Trinajstić information content (AvgIpc) is 2.55. The predicted octanol–water partition coefficient (Wildman–Crippen LogP) is 5.97. The minimum atomic E-state index is -6.00. The lowest BCUT2D eigenvalue weighted by Gasteiger charge is -2.10. The van der Waals surface area contributed by atoms with Gasteiger partial charge in [-0.1, -0.05) is 36.4 Å². The van der Waals surface area contributed by atoms with Gasteiger partial charge < -0.3 is 17.3 Å². The van der Waals surface area contributed by atoms with E-state index in [1.807, 2.05) is 18.2 Å². The number of hydrogen-bond donors (Lipinski definition) is 0. The molecule has 0 saturated carbocycles. The molecule has 0 amide bonds. The summed E-state index contributed by atoms with van der Waals surface area (Å²) in [5.74, 6) is -0.537. The van der Waals surface area contributed by atoms with Crippen LogP contribution in [0.5, 0.6) is 0 Å². The van der Waals surface area contributed by atoms with Crippen LogP contribution in [-0.2, 0) is 12.6 Å².